The highest BCUT2D eigenvalue weighted by Gasteiger charge is 2.14. The topological polar surface area (TPSA) is 35.0 Å². The number of hydrogen-bond acceptors (Lipinski definition) is 3. The summed E-state index contributed by atoms with van der Waals surface area (Å²) in [5.74, 6) is 0.707. The van der Waals surface area contributed by atoms with E-state index < -0.39 is 0 Å². The van der Waals surface area contributed by atoms with Crippen molar-refractivity contribution >= 4 is 23.2 Å². The molecule has 0 aliphatic rings. The monoisotopic (exact) mass is 282 g/mol. The van der Waals surface area contributed by atoms with Crippen LogP contribution in [0.15, 0.2) is 18.2 Å². The molecule has 18 heavy (non-hydrogen) atoms. The van der Waals surface area contributed by atoms with E-state index in [1.165, 1.54) is 0 Å². The Bertz CT molecular complexity index is 600. The first-order valence-electron chi connectivity index (χ1n) is 5.38. The molecule has 3 nitrogen and oxygen atoms in total. The highest BCUT2D eigenvalue weighted by atomic mass is 35.5. The lowest BCUT2D eigenvalue weighted by molar-refractivity contribution is 0.416. The molecule has 0 atom stereocenters. The largest absolute Gasteiger partial charge is 0.496 e. The number of aromatic nitrogens is 2. The predicted octanol–water partition coefficient (Wildman–Crippen LogP) is 4.08. The van der Waals surface area contributed by atoms with Gasteiger partial charge in [-0.3, -0.25) is 0 Å². The smallest absolute Gasteiger partial charge is 0.154 e. The van der Waals surface area contributed by atoms with Crippen LogP contribution in [0.3, 0.4) is 0 Å². The minimum atomic E-state index is 0.414. The number of benzene rings is 1. The second kappa shape index (κ2) is 5.12. The van der Waals surface area contributed by atoms with E-state index in [-0.39, 0.29) is 0 Å². The first-order chi connectivity index (χ1) is 8.54. The lowest BCUT2D eigenvalue weighted by atomic mass is 10.0. The molecule has 1 aromatic carbocycles. The third-order valence-electron chi connectivity index (χ3n) is 2.88. The Kier molecular flexibility index (Phi) is 3.73. The van der Waals surface area contributed by atoms with Gasteiger partial charge in [-0.25, -0.2) is 0 Å². The second-order valence-corrected chi connectivity index (χ2v) is 4.73. The molecule has 0 aliphatic carbocycles. The third-order valence-corrected chi connectivity index (χ3v) is 3.48. The molecular formula is C13H12Cl2N2O. The zero-order chi connectivity index (χ0) is 13.3. The van der Waals surface area contributed by atoms with E-state index in [0.29, 0.717) is 15.9 Å². The molecule has 0 spiro atoms. The van der Waals surface area contributed by atoms with Crippen molar-refractivity contribution in [2.45, 2.75) is 13.8 Å². The highest BCUT2D eigenvalue weighted by molar-refractivity contribution is 6.31. The average molecular weight is 283 g/mol. The van der Waals surface area contributed by atoms with Crippen LogP contribution in [0.1, 0.15) is 11.1 Å². The molecule has 2 rings (SSSR count). The van der Waals surface area contributed by atoms with Crippen molar-refractivity contribution in [2.24, 2.45) is 0 Å². The fourth-order valence-electron chi connectivity index (χ4n) is 1.70. The van der Waals surface area contributed by atoms with E-state index in [4.69, 9.17) is 27.9 Å². The van der Waals surface area contributed by atoms with Gasteiger partial charge in [-0.2, -0.15) is 0 Å². The van der Waals surface area contributed by atoms with Gasteiger partial charge in [0.25, 0.3) is 0 Å². The van der Waals surface area contributed by atoms with Gasteiger partial charge in [-0.05, 0) is 43.2 Å². The summed E-state index contributed by atoms with van der Waals surface area (Å²) in [5, 5.41) is 9.11. The van der Waals surface area contributed by atoms with Crippen LogP contribution in [-0.2, 0) is 0 Å². The van der Waals surface area contributed by atoms with Crippen molar-refractivity contribution in [3.63, 3.8) is 0 Å². The van der Waals surface area contributed by atoms with Gasteiger partial charge in [0.2, 0.25) is 0 Å². The fourth-order valence-corrected chi connectivity index (χ4v) is 2.05. The summed E-state index contributed by atoms with van der Waals surface area (Å²) in [6, 6.07) is 5.39. The summed E-state index contributed by atoms with van der Waals surface area (Å²) in [6.45, 7) is 3.86. The van der Waals surface area contributed by atoms with E-state index in [0.717, 1.165) is 22.4 Å². The summed E-state index contributed by atoms with van der Waals surface area (Å²) < 4.78 is 5.32. The standard InChI is InChI=1S/C13H12Cl2N2O/c1-7-8(2)13(15)17-16-12(7)10-6-9(14)4-5-11(10)18-3/h4-6H,1-3H3. The minimum absolute atomic E-state index is 0.414. The van der Waals surface area contributed by atoms with Crippen LogP contribution in [0.5, 0.6) is 5.75 Å². The molecule has 0 N–H and O–H groups in total. The Morgan fingerprint density at radius 2 is 1.78 bits per heavy atom. The number of ether oxygens (including phenoxy) is 1. The molecule has 5 heteroatoms. The third kappa shape index (κ3) is 2.28. The summed E-state index contributed by atoms with van der Waals surface area (Å²) in [6.07, 6.45) is 0. The van der Waals surface area contributed by atoms with Gasteiger partial charge in [0, 0.05) is 10.6 Å². The maximum atomic E-state index is 6.02. The van der Waals surface area contributed by atoms with Crippen molar-refractivity contribution in [1.29, 1.82) is 0 Å². The Hall–Kier alpha value is -1.32. The molecular weight excluding hydrogens is 271 g/mol. The van der Waals surface area contributed by atoms with Gasteiger partial charge in [0.05, 0.1) is 12.8 Å². The van der Waals surface area contributed by atoms with Gasteiger partial charge in [0.1, 0.15) is 5.75 Å². The molecule has 0 amide bonds. The average Bonchev–Trinajstić information content (AvgIpc) is 2.36. The number of methoxy groups -OCH3 is 1. The van der Waals surface area contributed by atoms with Gasteiger partial charge in [-0.1, -0.05) is 23.2 Å². The Balaban J connectivity index is 2.69. The minimum Gasteiger partial charge on any atom is -0.496 e. The fraction of sp³-hybridized carbons (Fsp3) is 0.231. The number of rotatable bonds is 2. The molecule has 0 aliphatic heterocycles. The summed E-state index contributed by atoms with van der Waals surface area (Å²) in [5.41, 5.74) is 3.42. The molecule has 0 bridgehead atoms. The van der Waals surface area contributed by atoms with Crippen molar-refractivity contribution in [3.05, 3.63) is 39.5 Å². The maximum Gasteiger partial charge on any atom is 0.154 e. The van der Waals surface area contributed by atoms with Crippen LogP contribution in [0.4, 0.5) is 0 Å². The summed E-state index contributed by atoms with van der Waals surface area (Å²) in [4.78, 5) is 0. The first-order valence-corrected chi connectivity index (χ1v) is 6.13. The van der Waals surface area contributed by atoms with E-state index in [1.807, 2.05) is 26.0 Å². The zero-order valence-corrected chi connectivity index (χ0v) is 11.8. The van der Waals surface area contributed by atoms with Crippen LogP contribution < -0.4 is 4.74 Å². The molecule has 0 fully saturated rings. The molecule has 1 aromatic heterocycles. The highest BCUT2D eigenvalue weighted by Crippen LogP contribution is 2.34. The van der Waals surface area contributed by atoms with E-state index in [2.05, 4.69) is 10.2 Å². The van der Waals surface area contributed by atoms with Gasteiger partial charge in [-0.15, -0.1) is 10.2 Å². The molecule has 2 aromatic rings. The molecule has 94 valence electrons. The normalized spacial score (nSPS) is 10.5. The molecule has 0 unspecified atom stereocenters. The van der Waals surface area contributed by atoms with Gasteiger partial charge < -0.3 is 4.74 Å². The number of hydrogen-bond donors (Lipinski definition) is 0. The summed E-state index contributed by atoms with van der Waals surface area (Å²) in [7, 11) is 1.61. The van der Waals surface area contributed by atoms with E-state index in [9.17, 15) is 0 Å². The lowest BCUT2D eigenvalue weighted by Crippen LogP contribution is -1.98. The second-order valence-electron chi connectivity index (χ2n) is 3.93. The number of halogens is 2. The van der Waals surface area contributed by atoms with Crippen molar-refractivity contribution in [3.8, 4) is 17.0 Å². The van der Waals surface area contributed by atoms with Gasteiger partial charge >= 0.3 is 0 Å². The summed E-state index contributed by atoms with van der Waals surface area (Å²) >= 11 is 12.0. The van der Waals surface area contributed by atoms with E-state index in [1.54, 1.807) is 13.2 Å². The Morgan fingerprint density at radius 3 is 2.44 bits per heavy atom. The molecule has 1 heterocycles. The maximum absolute atomic E-state index is 6.02. The zero-order valence-electron chi connectivity index (χ0n) is 10.3. The Labute approximate surface area is 116 Å². The molecule has 0 saturated heterocycles. The number of nitrogens with zero attached hydrogens (tertiary/aromatic N) is 2. The van der Waals surface area contributed by atoms with Crippen LogP contribution in [0.2, 0.25) is 10.2 Å². The Morgan fingerprint density at radius 1 is 1.06 bits per heavy atom. The van der Waals surface area contributed by atoms with Crippen LogP contribution in [0.25, 0.3) is 11.3 Å². The van der Waals surface area contributed by atoms with Crippen LogP contribution >= 0.6 is 23.2 Å². The van der Waals surface area contributed by atoms with Crippen LogP contribution in [0, 0.1) is 13.8 Å². The van der Waals surface area contributed by atoms with Gasteiger partial charge in [0.15, 0.2) is 5.15 Å². The van der Waals surface area contributed by atoms with Crippen molar-refractivity contribution in [1.82, 2.24) is 10.2 Å². The van der Waals surface area contributed by atoms with Crippen molar-refractivity contribution < 1.29 is 4.74 Å². The predicted molar refractivity (Wildman–Crippen MR) is 73.5 cm³/mol. The SMILES string of the molecule is COc1ccc(Cl)cc1-c1nnc(Cl)c(C)c1C. The van der Waals surface area contributed by atoms with Crippen molar-refractivity contribution in [2.75, 3.05) is 7.11 Å². The quantitative estimate of drug-likeness (QED) is 0.833. The lowest BCUT2D eigenvalue weighted by Gasteiger charge is -2.12. The molecule has 0 radical (unpaired) electrons. The first kappa shape index (κ1) is 13.1. The molecule has 0 saturated carbocycles. The van der Waals surface area contributed by atoms with E-state index >= 15 is 0 Å². The van der Waals surface area contributed by atoms with Crippen LogP contribution in [-0.4, -0.2) is 17.3 Å².